The number of aromatic nitrogens is 2. The summed E-state index contributed by atoms with van der Waals surface area (Å²) in [6.45, 7) is 2.16. The maximum Gasteiger partial charge on any atom is 0.358 e. The Bertz CT molecular complexity index is 744. The van der Waals surface area contributed by atoms with Gasteiger partial charge in [-0.15, -0.1) is 0 Å². The van der Waals surface area contributed by atoms with Crippen LogP contribution in [-0.4, -0.2) is 22.6 Å². The molecular formula is C19H20N2O2. The maximum atomic E-state index is 12.1. The number of esters is 1. The third kappa shape index (κ3) is 2.97. The van der Waals surface area contributed by atoms with Gasteiger partial charge >= 0.3 is 5.97 Å². The molecule has 0 spiro atoms. The summed E-state index contributed by atoms with van der Waals surface area (Å²) in [5, 5.41) is 0. The number of imidazole rings is 1. The Hall–Kier alpha value is -2.62. The van der Waals surface area contributed by atoms with Gasteiger partial charge in [-0.25, -0.2) is 9.78 Å². The summed E-state index contributed by atoms with van der Waals surface area (Å²) >= 11 is 0. The van der Waals surface area contributed by atoms with Crippen LogP contribution in [0.3, 0.4) is 0 Å². The zero-order valence-electron chi connectivity index (χ0n) is 13.3. The lowest BCUT2D eigenvalue weighted by molar-refractivity contribution is 0.0595. The zero-order chi connectivity index (χ0) is 16.2. The number of rotatable bonds is 4. The van der Waals surface area contributed by atoms with Crippen LogP contribution in [0.15, 0.2) is 61.0 Å². The molecule has 0 saturated carbocycles. The predicted octanol–water partition coefficient (Wildman–Crippen LogP) is 4.03. The quantitative estimate of drug-likeness (QED) is 0.801. The number of carbonyl (C=O) groups excluding carboxylic acids is 1. The normalized spacial score (nSPS) is 17.9. The van der Waals surface area contributed by atoms with Gasteiger partial charge in [0.1, 0.15) is 0 Å². The van der Waals surface area contributed by atoms with Gasteiger partial charge in [-0.1, -0.05) is 54.6 Å². The van der Waals surface area contributed by atoms with Crippen molar-refractivity contribution in [2.24, 2.45) is 5.92 Å². The van der Waals surface area contributed by atoms with E-state index < -0.39 is 5.97 Å². The second-order valence-electron chi connectivity index (χ2n) is 5.66. The Morgan fingerprint density at radius 1 is 1.30 bits per heavy atom. The van der Waals surface area contributed by atoms with Gasteiger partial charge in [-0.3, -0.25) is 0 Å². The van der Waals surface area contributed by atoms with Crippen LogP contribution in [0.1, 0.15) is 29.9 Å². The van der Waals surface area contributed by atoms with Crippen molar-refractivity contribution in [3.05, 3.63) is 66.7 Å². The van der Waals surface area contributed by atoms with Crippen molar-refractivity contribution in [1.29, 1.82) is 0 Å². The number of methoxy groups -OCH3 is 1. The summed E-state index contributed by atoms with van der Waals surface area (Å²) in [4.78, 5) is 16.4. The molecule has 2 aromatic rings. The number of ether oxygens (including phenoxy) is 1. The molecule has 0 aliphatic heterocycles. The van der Waals surface area contributed by atoms with Gasteiger partial charge in [0.2, 0.25) is 0 Å². The number of carbonyl (C=O) groups is 1. The van der Waals surface area contributed by atoms with E-state index >= 15 is 0 Å². The lowest BCUT2D eigenvalue weighted by Gasteiger charge is -2.24. The molecule has 1 aliphatic rings. The summed E-state index contributed by atoms with van der Waals surface area (Å²) in [7, 11) is 1.38. The molecule has 0 bridgehead atoms. The smallest absolute Gasteiger partial charge is 0.358 e. The third-order valence-corrected chi connectivity index (χ3v) is 4.29. The average Bonchev–Trinajstić information content (AvgIpc) is 3.07. The number of benzene rings is 1. The van der Waals surface area contributed by atoms with E-state index in [1.807, 2.05) is 30.3 Å². The second-order valence-corrected chi connectivity index (χ2v) is 5.66. The van der Waals surface area contributed by atoms with E-state index in [-0.39, 0.29) is 6.04 Å². The summed E-state index contributed by atoms with van der Waals surface area (Å²) in [5.41, 5.74) is 2.14. The predicted molar refractivity (Wildman–Crippen MR) is 90.1 cm³/mol. The Labute approximate surface area is 136 Å². The van der Waals surface area contributed by atoms with Crippen LogP contribution >= 0.6 is 0 Å². The van der Waals surface area contributed by atoms with Crippen LogP contribution in [0.4, 0.5) is 0 Å². The van der Waals surface area contributed by atoms with E-state index in [1.165, 1.54) is 7.11 Å². The van der Waals surface area contributed by atoms with Crippen LogP contribution in [-0.2, 0) is 4.74 Å². The lowest BCUT2D eigenvalue weighted by Crippen LogP contribution is -2.16. The van der Waals surface area contributed by atoms with Crippen LogP contribution in [0, 0.1) is 5.92 Å². The first-order chi connectivity index (χ1) is 11.2. The maximum absolute atomic E-state index is 12.1. The molecule has 4 nitrogen and oxygen atoms in total. The summed E-state index contributed by atoms with van der Waals surface area (Å²) in [5.74, 6) is -0.0314. The van der Waals surface area contributed by atoms with Gasteiger partial charge in [0.15, 0.2) is 5.69 Å². The summed E-state index contributed by atoms with van der Waals surface area (Å²) in [6.07, 6.45) is 11.2. The molecule has 23 heavy (non-hydrogen) atoms. The van der Waals surface area contributed by atoms with Crippen molar-refractivity contribution in [2.45, 2.75) is 19.4 Å². The molecule has 3 rings (SSSR count). The molecule has 0 fully saturated rings. The largest absolute Gasteiger partial charge is 0.464 e. The fourth-order valence-electron chi connectivity index (χ4n) is 2.96. The van der Waals surface area contributed by atoms with Crippen molar-refractivity contribution in [1.82, 2.24) is 9.55 Å². The Balaban J connectivity index is 2.07. The van der Waals surface area contributed by atoms with E-state index in [1.54, 1.807) is 6.33 Å². The van der Waals surface area contributed by atoms with Crippen molar-refractivity contribution >= 4 is 5.97 Å². The van der Waals surface area contributed by atoms with Crippen molar-refractivity contribution < 1.29 is 9.53 Å². The number of allylic oxidation sites excluding steroid dienone is 4. The van der Waals surface area contributed by atoms with Gasteiger partial charge in [0.25, 0.3) is 0 Å². The van der Waals surface area contributed by atoms with Crippen LogP contribution < -0.4 is 0 Å². The standard InChI is InChI=1S/C19H20N2O2/c1-14(15-9-5-3-6-10-15)21-13-20-17(19(22)23-2)18(21)16-11-7-4-8-12-16/h3-9,11-15H,10H2,1-2H3/t14-,15?/m0/s1. The molecule has 1 heterocycles. The minimum atomic E-state index is -0.408. The molecule has 1 aromatic carbocycles. The summed E-state index contributed by atoms with van der Waals surface area (Å²) in [6, 6.07) is 10.0. The Morgan fingerprint density at radius 3 is 2.74 bits per heavy atom. The molecule has 118 valence electrons. The first-order valence-electron chi connectivity index (χ1n) is 7.76. The highest BCUT2D eigenvalue weighted by Gasteiger charge is 2.25. The summed E-state index contributed by atoms with van der Waals surface area (Å²) < 4.78 is 6.98. The van der Waals surface area contributed by atoms with Gasteiger partial charge in [-0.05, 0) is 13.3 Å². The van der Waals surface area contributed by atoms with Crippen molar-refractivity contribution in [3.63, 3.8) is 0 Å². The zero-order valence-corrected chi connectivity index (χ0v) is 13.3. The molecule has 2 atom stereocenters. The molecule has 4 heteroatoms. The topological polar surface area (TPSA) is 44.1 Å². The first kappa shape index (κ1) is 15.3. The Morgan fingerprint density at radius 2 is 2.09 bits per heavy atom. The molecule has 0 amide bonds. The van der Waals surface area contributed by atoms with E-state index in [9.17, 15) is 4.79 Å². The van der Waals surface area contributed by atoms with Crippen molar-refractivity contribution in [3.8, 4) is 11.3 Å². The third-order valence-electron chi connectivity index (χ3n) is 4.29. The molecule has 0 N–H and O–H groups in total. The van der Waals surface area contributed by atoms with Gasteiger partial charge in [0, 0.05) is 17.5 Å². The first-order valence-corrected chi connectivity index (χ1v) is 7.76. The van der Waals surface area contributed by atoms with Crippen LogP contribution in [0.25, 0.3) is 11.3 Å². The second kappa shape index (κ2) is 6.65. The highest BCUT2D eigenvalue weighted by Crippen LogP contribution is 2.32. The van der Waals surface area contributed by atoms with Gasteiger partial charge in [0.05, 0.1) is 19.1 Å². The van der Waals surface area contributed by atoms with Crippen molar-refractivity contribution in [2.75, 3.05) is 7.11 Å². The molecule has 0 saturated heterocycles. The monoisotopic (exact) mass is 308 g/mol. The van der Waals surface area contributed by atoms with E-state index in [2.05, 4.69) is 40.8 Å². The highest BCUT2D eigenvalue weighted by molar-refractivity contribution is 5.94. The van der Waals surface area contributed by atoms with Crippen LogP contribution in [0.2, 0.25) is 0 Å². The molecule has 0 radical (unpaired) electrons. The highest BCUT2D eigenvalue weighted by atomic mass is 16.5. The SMILES string of the molecule is COC(=O)c1ncn([C@@H](C)C2C=CC=CC2)c1-c1ccccc1. The fraction of sp³-hybridized carbons (Fsp3) is 0.263. The Kier molecular flexibility index (Phi) is 4.42. The number of nitrogens with zero attached hydrogens (tertiary/aromatic N) is 2. The molecule has 1 unspecified atom stereocenters. The van der Waals surface area contributed by atoms with Gasteiger partial charge < -0.3 is 9.30 Å². The number of hydrogen-bond acceptors (Lipinski definition) is 3. The molecular weight excluding hydrogens is 288 g/mol. The van der Waals surface area contributed by atoms with E-state index in [0.29, 0.717) is 11.6 Å². The lowest BCUT2D eigenvalue weighted by atomic mass is 9.93. The molecule has 1 aromatic heterocycles. The van der Waals surface area contributed by atoms with Crippen LogP contribution in [0.5, 0.6) is 0 Å². The average molecular weight is 308 g/mol. The molecule has 1 aliphatic carbocycles. The van der Waals surface area contributed by atoms with Gasteiger partial charge in [-0.2, -0.15) is 0 Å². The minimum absolute atomic E-state index is 0.192. The number of hydrogen-bond donors (Lipinski definition) is 0. The fourth-order valence-corrected chi connectivity index (χ4v) is 2.96. The van der Waals surface area contributed by atoms with E-state index in [0.717, 1.165) is 17.7 Å². The minimum Gasteiger partial charge on any atom is -0.464 e. The van der Waals surface area contributed by atoms with E-state index in [4.69, 9.17) is 4.74 Å².